The maximum Gasteiger partial charge on any atom is 0.339 e. The standard InChI is InChI=1S/C18H16ClN5O4S/c1-27-13-5-3-4-12(9-13)24-18(21-22-23-24)29-10-16(25)20-15-8-11(19)6-7-14(15)17(26)28-2/h3-9H,10H2,1-2H3,(H,20,25). The van der Waals surface area contributed by atoms with Crippen molar-refractivity contribution in [2.24, 2.45) is 0 Å². The number of methoxy groups -OCH3 is 2. The first-order valence-corrected chi connectivity index (χ1v) is 9.61. The number of halogens is 1. The number of amides is 1. The maximum atomic E-state index is 12.4. The van der Waals surface area contributed by atoms with E-state index in [1.807, 2.05) is 12.1 Å². The molecule has 0 radical (unpaired) electrons. The zero-order valence-corrected chi connectivity index (χ0v) is 17.0. The Morgan fingerprint density at radius 2 is 2.03 bits per heavy atom. The monoisotopic (exact) mass is 433 g/mol. The van der Waals surface area contributed by atoms with Gasteiger partial charge in [-0.25, -0.2) is 4.79 Å². The molecule has 0 aliphatic rings. The number of hydrogen-bond donors (Lipinski definition) is 1. The Labute approximate surface area is 175 Å². The molecule has 2 aromatic carbocycles. The number of ether oxygens (including phenoxy) is 2. The van der Waals surface area contributed by atoms with Crippen molar-refractivity contribution < 1.29 is 19.1 Å². The van der Waals surface area contributed by atoms with Crippen LogP contribution >= 0.6 is 23.4 Å². The third-order valence-electron chi connectivity index (χ3n) is 3.73. The van der Waals surface area contributed by atoms with E-state index in [1.165, 1.54) is 23.9 Å². The molecule has 9 nitrogen and oxygen atoms in total. The maximum absolute atomic E-state index is 12.4. The Balaban J connectivity index is 1.71. The van der Waals surface area contributed by atoms with Crippen LogP contribution in [-0.2, 0) is 9.53 Å². The molecule has 0 fully saturated rings. The van der Waals surface area contributed by atoms with Crippen molar-refractivity contribution >= 4 is 40.9 Å². The third-order valence-corrected chi connectivity index (χ3v) is 4.89. The molecule has 0 atom stereocenters. The molecule has 3 rings (SSSR count). The van der Waals surface area contributed by atoms with Gasteiger partial charge in [0.1, 0.15) is 5.75 Å². The van der Waals surface area contributed by atoms with E-state index in [0.717, 1.165) is 11.8 Å². The highest BCUT2D eigenvalue weighted by Crippen LogP contribution is 2.24. The van der Waals surface area contributed by atoms with Crippen molar-refractivity contribution in [3.05, 3.63) is 53.1 Å². The van der Waals surface area contributed by atoms with E-state index in [4.69, 9.17) is 21.1 Å². The lowest BCUT2D eigenvalue weighted by Gasteiger charge is -2.10. The predicted octanol–water partition coefficient (Wildman–Crippen LogP) is 2.84. The van der Waals surface area contributed by atoms with E-state index in [-0.39, 0.29) is 22.9 Å². The summed E-state index contributed by atoms with van der Waals surface area (Å²) in [5.74, 6) is -0.269. The summed E-state index contributed by atoms with van der Waals surface area (Å²) in [4.78, 5) is 24.3. The SMILES string of the molecule is COC(=O)c1ccc(Cl)cc1NC(=O)CSc1nnnn1-c1cccc(OC)c1. The normalized spacial score (nSPS) is 10.4. The average Bonchev–Trinajstić information content (AvgIpc) is 3.20. The number of aromatic nitrogens is 4. The van der Waals surface area contributed by atoms with Gasteiger partial charge in [-0.2, -0.15) is 4.68 Å². The van der Waals surface area contributed by atoms with Gasteiger partial charge in [0.25, 0.3) is 0 Å². The molecular weight excluding hydrogens is 418 g/mol. The minimum atomic E-state index is -0.577. The minimum Gasteiger partial charge on any atom is -0.497 e. The molecular formula is C18H16ClN5O4S. The Kier molecular flexibility index (Phi) is 6.68. The van der Waals surface area contributed by atoms with Crippen molar-refractivity contribution in [3.63, 3.8) is 0 Å². The average molecular weight is 434 g/mol. The van der Waals surface area contributed by atoms with E-state index in [0.29, 0.717) is 21.6 Å². The predicted molar refractivity (Wildman–Crippen MR) is 108 cm³/mol. The lowest BCUT2D eigenvalue weighted by molar-refractivity contribution is -0.113. The van der Waals surface area contributed by atoms with Crippen LogP contribution in [0.25, 0.3) is 5.69 Å². The first kappa shape index (κ1) is 20.6. The summed E-state index contributed by atoms with van der Waals surface area (Å²) >= 11 is 7.11. The van der Waals surface area contributed by atoms with Gasteiger partial charge in [-0.3, -0.25) is 4.79 Å². The molecule has 29 heavy (non-hydrogen) atoms. The van der Waals surface area contributed by atoms with Crippen molar-refractivity contribution in [1.82, 2.24) is 20.2 Å². The van der Waals surface area contributed by atoms with Gasteiger partial charge in [-0.05, 0) is 40.8 Å². The van der Waals surface area contributed by atoms with Crippen LogP contribution in [0.15, 0.2) is 47.6 Å². The second-order valence-corrected chi connectivity index (χ2v) is 6.97. The van der Waals surface area contributed by atoms with Gasteiger partial charge in [-0.1, -0.05) is 29.4 Å². The minimum absolute atomic E-state index is 0.0114. The highest BCUT2D eigenvalue weighted by atomic mass is 35.5. The summed E-state index contributed by atoms with van der Waals surface area (Å²) in [6.07, 6.45) is 0. The van der Waals surface area contributed by atoms with Crippen LogP contribution in [0.3, 0.4) is 0 Å². The van der Waals surface area contributed by atoms with E-state index < -0.39 is 5.97 Å². The Hall–Kier alpha value is -3.11. The molecule has 0 spiro atoms. The highest BCUT2D eigenvalue weighted by molar-refractivity contribution is 7.99. The number of esters is 1. The van der Waals surface area contributed by atoms with Crippen LogP contribution < -0.4 is 10.1 Å². The van der Waals surface area contributed by atoms with Crippen LogP contribution in [-0.4, -0.2) is 52.1 Å². The van der Waals surface area contributed by atoms with Crippen molar-refractivity contribution in [3.8, 4) is 11.4 Å². The van der Waals surface area contributed by atoms with E-state index >= 15 is 0 Å². The van der Waals surface area contributed by atoms with Crippen molar-refractivity contribution in [2.45, 2.75) is 5.16 Å². The van der Waals surface area contributed by atoms with Gasteiger partial charge < -0.3 is 14.8 Å². The molecule has 0 bridgehead atoms. The number of carbonyl (C=O) groups excluding carboxylic acids is 2. The topological polar surface area (TPSA) is 108 Å². The van der Waals surface area contributed by atoms with Gasteiger partial charge in [0, 0.05) is 11.1 Å². The molecule has 1 amide bonds. The molecule has 11 heteroatoms. The van der Waals surface area contributed by atoms with Gasteiger partial charge >= 0.3 is 5.97 Å². The molecule has 0 aliphatic heterocycles. The van der Waals surface area contributed by atoms with Crippen LogP contribution in [0, 0.1) is 0 Å². The van der Waals surface area contributed by atoms with E-state index in [1.54, 1.807) is 25.3 Å². The Morgan fingerprint density at radius 3 is 2.79 bits per heavy atom. The summed E-state index contributed by atoms with van der Waals surface area (Å²) < 4.78 is 11.4. The number of hydrogen-bond acceptors (Lipinski definition) is 8. The molecule has 3 aromatic rings. The number of carbonyl (C=O) groups is 2. The molecule has 0 saturated carbocycles. The zero-order chi connectivity index (χ0) is 20.8. The number of rotatable bonds is 7. The van der Waals surface area contributed by atoms with Crippen LogP contribution in [0.5, 0.6) is 5.75 Å². The smallest absolute Gasteiger partial charge is 0.339 e. The molecule has 1 heterocycles. The van der Waals surface area contributed by atoms with Crippen molar-refractivity contribution in [1.29, 1.82) is 0 Å². The summed E-state index contributed by atoms with van der Waals surface area (Å²) in [5, 5.41) is 15.0. The van der Waals surface area contributed by atoms with Crippen LogP contribution in [0.2, 0.25) is 5.02 Å². The first-order chi connectivity index (χ1) is 14.0. The van der Waals surface area contributed by atoms with Gasteiger partial charge in [0.15, 0.2) is 0 Å². The summed E-state index contributed by atoms with van der Waals surface area (Å²) in [6.45, 7) is 0. The van der Waals surface area contributed by atoms with Gasteiger partial charge in [0.05, 0.1) is 36.9 Å². The quantitative estimate of drug-likeness (QED) is 0.447. The zero-order valence-electron chi connectivity index (χ0n) is 15.5. The molecule has 0 unspecified atom stereocenters. The van der Waals surface area contributed by atoms with E-state index in [9.17, 15) is 9.59 Å². The summed E-state index contributed by atoms with van der Waals surface area (Å²) in [6, 6.07) is 11.7. The molecule has 0 saturated heterocycles. The number of thioether (sulfide) groups is 1. The molecule has 1 N–H and O–H groups in total. The number of nitrogens with zero attached hydrogens (tertiary/aromatic N) is 4. The Morgan fingerprint density at radius 1 is 1.21 bits per heavy atom. The summed E-state index contributed by atoms with van der Waals surface area (Å²) in [5.41, 5.74) is 1.17. The first-order valence-electron chi connectivity index (χ1n) is 8.25. The van der Waals surface area contributed by atoms with Crippen LogP contribution in [0.1, 0.15) is 10.4 Å². The number of nitrogens with one attached hydrogen (secondary N) is 1. The van der Waals surface area contributed by atoms with Crippen LogP contribution in [0.4, 0.5) is 5.69 Å². The second kappa shape index (κ2) is 9.39. The second-order valence-electron chi connectivity index (χ2n) is 5.59. The lowest BCUT2D eigenvalue weighted by atomic mass is 10.2. The third kappa shape index (κ3) is 5.04. The molecule has 150 valence electrons. The highest BCUT2D eigenvalue weighted by Gasteiger charge is 2.16. The lowest BCUT2D eigenvalue weighted by Crippen LogP contribution is -2.17. The fourth-order valence-corrected chi connectivity index (χ4v) is 3.26. The molecule has 0 aliphatic carbocycles. The fourth-order valence-electron chi connectivity index (χ4n) is 2.40. The fraction of sp³-hybridized carbons (Fsp3) is 0.167. The molecule has 1 aromatic heterocycles. The van der Waals surface area contributed by atoms with E-state index in [2.05, 4.69) is 20.8 Å². The van der Waals surface area contributed by atoms with Gasteiger partial charge in [0.2, 0.25) is 11.1 Å². The Bertz CT molecular complexity index is 1040. The van der Waals surface area contributed by atoms with Gasteiger partial charge in [-0.15, -0.1) is 5.10 Å². The number of anilines is 1. The largest absolute Gasteiger partial charge is 0.497 e. The summed E-state index contributed by atoms with van der Waals surface area (Å²) in [7, 11) is 2.83. The number of tetrazole rings is 1. The number of benzene rings is 2. The van der Waals surface area contributed by atoms with Crippen molar-refractivity contribution in [2.75, 3.05) is 25.3 Å².